The summed E-state index contributed by atoms with van der Waals surface area (Å²) in [5.41, 5.74) is 0.185. The number of aromatic nitrogens is 5. The van der Waals surface area contributed by atoms with Crippen molar-refractivity contribution in [3.05, 3.63) is 53.5 Å². The van der Waals surface area contributed by atoms with Gasteiger partial charge in [-0.1, -0.05) is 20.8 Å². The van der Waals surface area contributed by atoms with E-state index in [1.807, 2.05) is 20.8 Å². The Morgan fingerprint density at radius 1 is 1.06 bits per heavy atom. The maximum Gasteiger partial charge on any atom is 0.433 e. The predicted octanol–water partition coefficient (Wildman–Crippen LogP) is 3.86. The van der Waals surface area contributed by atoms with Crippen molar-refractivity contribution in [2.45, 2.75) is 51.1 Å². The first-order valence-electron chi connectivity index (χ1n) is 10.1. The molecular weight excluding hydrogens is 409 g/mol. The van der Waals surface area contributed by atoms with E-state index in [-0.39, 0.29) is 17.5 Å². The summed E-state index contributed by atoms with van der Waals surface area (Å²) in [6.07, 6.45) is 0.980. The van der Waals surface area contributed by atoms with E-state index in [4.69, 9.17) is 0 Å². The molecule has 0 aliphatic carbocycles. The lowest BCUT2D eigenvalue weighted by atomic mass is 9.91. The summed E-state index contributed by atoms with van der Waals surface area (Å²) in [6.45, 7) is 6.45. The molecule has 0 N–H and O–H groups in total. The van der Waals surface area contributed by atoms with Crippen molar-refractivity contribution in [3.8, 4) is 0 Å². The molecule has 1 amide bonds. The summed E-state index contributed by atoms with van der Waals surface area (Å²) in [5, 5.41) is 4.26. The third-order valence-corrected chi connectivity index (χ3v) is 5.51. The molecule has 0 atom stereocenters. The number of likely N-dealkylation sites (tertiary alicyclic amines) is 1. The zero-order chi connectivity index (χ0) is 22.4. The molecule has 0 bridgehead atoms. The van der Waals surface area contributed by atoms with Crippen LogP contribution in [0.25, 0.3) is 5.65 Å². The summed E-state index contributed by atoms with van der Waals surface area (Å²) in [7, 11) is 0. The number of alkyl halides is 3. The third kappa shape index (κ3) is 4.24. The molecule has 31 heavy (non-hydrogen) atoms. The molecule has 3 aromatic rings. The molecule has 164 valence electrons. The number of carbonyl (C=O) groups is 1. The fourth-order valence-corrected chi connectivity index (χ4v) is 3.75. The Bertz CT molecular complexity index is 1100. The molecule has 0 saturated carbocycles. The molecule has 10 heteroatoms. The van der Waals surface area contributed by atoms with Gasteiger partial charge in [0.15, 0.2) is 5.65 Å². The van der Waals surface area contributed by atoms with E-state index >= 15 is 0 Å². The van der Waals surface area contributed by atoms with E-state index in [1.165, 1.54) is 18.7 Å². The minimum absolute atomic E-state index is 0.0445. The predicted molar refractivity (Wildman–Crippen MR) is 107 cm³/mol. The highest BCUT2D eigenvalue weighted by Crippen LogP contribution is 2.34. The molecule has 1 aliphatic rings. The molecule has 1 aliphatic heterocycles. The lowest BCUT2D eigenvalue weighted by molar-refractivity contribution is -0.142. The summed E-state index contributed by atoms with van der Waals surface area (Å²) in [6, 6.07) is 2.71. The molecule has 0 aromatic carbocycles. The first kappa shape index (κ1) is 21.2. The fourth-order valence-electron chi connectivity index (χ4n) is 3.75. The van der Waals surface area contributed by atoms with Gasteiger partial charge >= 0.3 is 6.18 Å². The molecule has 4 heterocycles. The van der Waals surface area contributed by atoms with Gasteiger partial charge in [-0.05, 0) is 18.9 Å². The highest BCUT2D eigenvalue weighted by molar-refractivity contribution is 5.93. The number of piperidine rings is 1. The van der Waals surface area contributed by atoms with Gasteiger partial charge in [-0.15, -0.1) is 0 Å². The van der Waals surface area contributed by atoms with Gasteiger partial charge in [0.1, 0.15) is 12.0 Å². The second-order valence-corrected chi connectivity index (χ2v) is 8.81. The monoisotopic (exact) mass is 432 g/mol. The van der Waals surface area contributed by atoms with Crippen LogP contribution in [0, 0.1) is 0 Å². The number of amides is 1. The van der Waals surface area contributed by atoms with Crippen LogP contribution in [0.4, 0.5) is 13.2 Å². The fraction of sp³-hybridized carbons (Fsp3) is 0.476. The van der Waals surface area contributed by atoms with Crippen molar-refractivity contribution in [1.29, 1.82) is 0 Å². The first-order valence-corrected chi connectivity index (χ1v) is 10.1. The minimum Gasteiger partial charge on any atom is -0.339 e. The van der Waals surface area contributed by atoms with Crippen molar-refractivity contribution in [2.24, 2.45) is 0 Å². The maximum atomic E-state index is 13.7. The second-order valence-electron chi connectivity index (χ2n) is 8.81. The zero-order valence-corrected chi connectivity index (χ0v) is 17.5. The zero-order valence-electron chi connectivity index (χ0n) is 17.5. The van der Waals surface area contributed by atoms with Crippen LogP contribution in [0.15, 0.2) is 30.9 Å². The molecular formula is C21H23F3N6O. The maximum absolute atomic E-state index is 13.7. The Balaban J connectivity index is 1.59. The Morgan fingerprint density at radius 2 is 1.71 bits per heavy atom. The number of fused-ring (bicyclic) bond motifs is 1. The molecule has 1 fully saturated rings. The van der Waals surface area contributed by atoms with Crippen LogP contribution in [0.1, 0.15) is 67.0 Å². The Kier molecular flexibility index (Phi) is 5.18. The standard InChI is InChI=1S/C21H23F3N6O/c1-20(2,3)16-9-17(21(22,23)24)30-18(27-16)8-15(28-30)13-4-6-29(7-5-13)19(31)14-10-25-12-26-11-14/h8-13H,4-7H2,1-3H3. The minimum atomic E-state index is -4.54. The number of halogens is 3. The number of carbonyl (C=O) groups excluding carboxylic acids is 1. The van der Waals surface area contributed by atoms with E-state index in [0.717, 1.165) is 10.6 Å². The normalized spacial score (nSPS) is 16.1. The molecule has 0 spiro atoms. The van der Waals surface area contributed by atoms with Crippen LogP contribution in [0.3, 0.4) is 0 Å². The van der Waals surface area contributed by atoms with Crippen LogP contribution in [0.5, 0.6) is 0 Å². The number of nitrogens with zero attached hydrogens (tertiary/aromatic N) is 6. The van der Waals surface area contributed by atoms with Crippen molar-refractivity contribution in [3.63, 3.8) is 0 Å². The smallest absolute Gasteiger partial charge is 0.339 e. The van der Waals surface area contributed by atoms with Gasteiger partial charge in [0.25, 0.3) is 5.91 Å². The van der Waals surface area contributed by atoms with E-state index in [1.54, 1.807) is 11.0 Å². The lowest BCUT2D eigenvalue weighted by Crippen LogP contribution is -2.38. The number of rotatable bonds is 2. The lowest BCUT2D eigenvalue weighted by Gasteiger charge is -2.31. The molecule has 4 rings (SSSR count). The quantitative estimate of drug-likeness (QED) is 0.615. The van der Waals surface area contributed by atoms with Crippen molar-refractivity contribution < 1.29 is 18.0 Å². The van der Waals surface area contributed by atoms with E-state index in [9.17, 15) is 18.0 Å². The molecule has 3 aromatic heterocycles. The molecule has 1 saturated heterocycles. The van der Waals surface area contributed by atoms with Crippen molar-refractivity contribution in [2.75, 3.05) is 13.1 Å². The van der Waals surface area contributed by atoms with Gasteiger partial charge in [0.2, 0.25) is 0 Å². The van der Waals surface area contributed by atoms with Crippen LogP contribution in [-0.2, 0) is 11.6 Å². The average Bonchev–Trinajstić information content (AvgIpc) is 3.16. The van der Waals surface area contributed by atoms with Gasteiger partial charge < -0.3 is 4.90 Å². The van der Waals surface area contributed by atoms with Gasteiger partial charge in [-0.3, -0.25) is 4.79 Å². The second kappa shape index (κ2) is 7.58. The molecule has 7 nitrogen and oxygen atoms in total. The van der Waals surface area contributed by atoms with Gasteiger partial charge in [0, 0.05) is 42.9 Å². The van der Waals surface area contributed by atoms with Crippen LogP contribution < -0.4 is 0 Å². The average molecular weight is 432 g/mol. The Labute approximate surface area is 177 Å². The van der Waals surface area contributed by atoms with Crippen molar-refractivity contribution >= 4 is 11.6 Å². The van der Waals surface area contributed by atoms with E-state index in [2.05, 4.69) is 20.1 Å². The Morgan fingerprint density at radius 3 is 2.29 bits per heavy atom. The van der Waals surface area contributed by atoms with E-state index in [0.29, 0.717) is 42.9 Å². The van der Waals surface area contributed by atoms with Gasteiger partial charge in [-0.25, -0.2) is 19.5 Å². The summed E-state index contributed by atoms with van der Waals surface area (Å²) < 4.78 is 42.0. The summed E-state index contributed by atoms with van der Waals surface area (Å²) >= 11 is 0. The number of hydrogen-bond acceptors (Lipinski definition) is 5. The number of hydrogen-bond donors (Lipinski definition) is 0. The summed E-state index contributed by atoms with van der Waals surface area (Å²) in [5.74, 6) is -0.193. The van der Waals surface area contributed by atoms with Gasteiger partial charge in [0.05, 0.1) is 17.0 Å². The first-order chi connectivity index (χ1) is 14.5. The SMILES string of the molecule is CC(C)(C)c1cc(C(F)(F)F)n2nc(C3CCN(C(=O)c4cncnc4)CC3)cc2n1. The van der Waals surface area contributed by atoms with Crippen LogP contribution in [0.2, 0.25) is 0 Å². The highest BCUT2D eigenvalue weighted by atomic mass is 19.4. The Hall–Kier alpha value is -3.04. The highest BCUT2D eigenvalue weighted by Gasteiger charge is 2.37. The van der Waals surface area contributed by atoms with Crippen molar-refractivity contribution in [1.82, 2.24) is 29.5 Å². The van der Waals surface area contributed by atoms with Crippen LogP contribution in [-0.4, -0.2) is 48.5 Å². The molecule has 0 unspecified atom stereocenters. The largest absolute Gasteiger partial charge is 0.433 e. The summed E-state index contributed by atoms with van der Waals surface area (Å²) in [4.78, 5) is 26.5. The molecule has 0 radical (unpaired) electrons. The van der Waals surface area contributed by atoms with Gasteiger partial charge in [-0.2, -0.15) is 18.3 Å². The topological polar surface area (TPSA) is 76.3 Å². The van der Waals surface area contributed by atoms with Crippen LogP contribution >= 0.6 is 0 Å². The van der Waals surface area contributed by atoms with E-state index < -0.39 is 17.3 Å². The third-order valence-electron chi connectivity index (χ3n) is 5.51.